The Balaban J connectivity index is 1.54. The van der Waals surface area contributed by atoms with Gasteiger partial charge in [-0.3, -0.25) is 14.4 Å². The Morgan fingerprint density at radius 2 is 2.00 bits per heavy atom. The number of H-pyrrole nitrogens is 1. The number of likely N-dealkylation sites (tertiary alicyclic amines) is 1. The van der Waals surface area contributed by atoms with Crippen LogP contribution in [0.15, 0.2) is 29.1 Å². The Labute approximate surface area is 151 Å². The molecule has 1 N–H and O–H groups in total. The molecule has 1 aliphatic heterocycles. The summed E-state index contributed by atoms with van der Waals surface area (Å²) < 4.78 is 4.70. The van der Waals surface area contributed by atoms with Gasteiger partial charge < -0.3 is 14.6 Å². The number of nitrogens with zero attached hydrogens (tertiary/aromatic N) is 2. The molecule has 1 amide bonds. The molecule has 2 heterocycles. The van der Waals surface area contributed by atoms with Gasteiger partial charge in [-0.25, -0.2) is 4.98 Å². The van der Waals surface area contributed by atoms with Gasteiger partial charge in [0.1, 0.15) is 5.69 Å². The predicted molar refractivity (Wildman–Crippen MR) is 96.6 cm³/mol. The van der Waals surface area contributed by atoms with Gasteiger partial charge in [0, 0.05) is 32.4 Å². The molecule has 7 nitrogen and oxygen atoms in total. The molecule has 1 aromatic carbocycles. The lowest BCUT2D eigenvalue weighted by atomic mass is 9.93. The SMILES string of the molecule is COC(=O)CC1CCN(C(=O)CCc2nc3ccccc3[nH]c2=O)CC1. The highest BCUT2D eigenvalue weighted by molar-refractivity contribution is 5.77. The van der Waals surface area contributed by atoms with Crippen LogP contribution in [-0.2, 0) is 20.7 Å². The highest BCUT2D eigenvalue weighted by Crippen LogP contribution is 2.21. The number of para-hydroxylation sites is 2. The first-order chi connectivity index (χ1) is 12.6. The van der Waals surface area contributed by atoms with E-state index in [9.17, 15) is 14.4 Å². The van der Waals surface area contributed by atoms with Crippen molar-refractivity contribution in [2.24, 2.45) is 5.92 Å². The minimum Gasteiger partial charge on any atom is -0.469 e. The molecule has 1 aliphatic rings. The largest absolute Gasteiger partial charge is 0.469 e. The Kier molecular flexibility index (Phi) is 5.65. The van der Waals surface area contributed by atoms with Gasteiger partial charge in [0.15, 0.2) is 0 Å². The molecule has 138 valence electrons. The second-order valence-electron chi connectivity index (χ2n) is 6.63. The zero-order valence-corrected chi connectivity index (χ0v) is 14.9. The second kappa shape index (κ2) is 8.12. The molecule has 0 spiro atoms. The third kappa shape index (κ3) is 4.28. The Hall–Kier alpha value is -2.70. The summed E-state index contributed by atoms with van der Waals surface area (Å²) in [5, 5.41) is 0. The van der Waals surface area contributed by atoms with Crippen molar-refractivity contribution in [1.82, 2.24) is 14.9 Å². The van der Waals surface area contributed by atoms with E-state index >= 15 is 0 Å². The molecule has 0 atom stereocenters. The third-order valence-corrected chi connectivity index (χ3v) is 4.90. The number of benzene rings is 1. The smallest absolute Gasteiger partial charge is 0.305 e. The van der Waals surface area contributed by atoms with Gasteiger partial charge in [-0.15, -0.1) is 0 Å². The number of aromatic amines is 1. The molecule has 0 bridgehead atoms. The van der Waals surface area contributed by atoms with E-state index in [2.05, 4.69) is 9.97 Å². The van der Waals surface area contributed by atoms with Crippen molar-refractivity contribution in [1.29, 1.82) is 0 Å². The molecule has 1 fully saturated rings. The minimum atomic E-state index is -0.242. The molecule has 0 aliphatic carbocycles. The van der Waals surface area contributed by atoms with E-state index in [0.29, 0.717) is 37.1 Å². The number of nitrogens with one attached hydrogen (secondary N) is 1. The van der Waals surface area contributed by atoms with Crippen molar-refractivity contribution in [3.05, 3.63) is 40.3 Å². The average molecular weight is 357 g/mol. The number of aromatic nitrogens is 2. The number of amides is 1. The molecular weight excluding hydrogens is 334 g/mol. The maximum Gasteiger partial charge on any atom is 0.305 e. The van der Waals surface area contributed by atoms with Crippen LogP contribution in [0.5, 0.6) is 0 Å². The standard InChI is InChI=1S/C19H23N3O4/c1-26-18(24)12-13-8-10-22(11-9-13)17(23)7-6-16-19(25)21-15-5-3-2-4-14(15)20-16/h2-5,13H,6-12H2,1H3,(H,21,25). The van der Waals surface area contributed by atoms with E-state index in [1.807, 2.05) is 23.1 Å². The van der Waals surface area contributed by atoms with Crippen molar-refractivity contribution in [3.8, 4) is 0 Å². The lowest BCUT2D eigenvalue weighted by molar-refractivity contribution is -0.142. The van der Waals surface area contributed by atoms with Crippen LogP contribution in [0.25, 0.3) is 11.0 Å². The van der Waals surface area contributed by atoms with Gasteiger partial charge in [0.05, 0.1) is 18.1 Å². The van der Waals surface area contributed by atoms with Crippen LogP contribution in [0.3, 0.4) is 0 Å². The van der Waals surface area contributed by atoms with Crippen molar-refractivity contribution in [2.45, 2.75) is 32.1 Å². The average Bonchev–Trinajstić information content (AvgIpc) is 2.66. The molecule has 1 aromatic heterocycles. The Morgan fingerprint density at radius 1 is 1.27 bits per heavy atom. The highest BCUT2D eigenvalue weighted by Gasteiger charge is 2.24. The van der Waals surface area contributed by atoms with Gasteiger partial charge in [-0.05, 0) is 30.9 Å². The Morgan fingerprint density at radius 3 is 2.73 bits per heavy atom. The number of fused-ring (bicyclic) bond motifs is 1. The van der Waals surface area contributed by atoms with E-state index in [4.69, 9.17) is 4.74 Å². The molecule has 1 saturated heterocycles. The summed E-state index contributed by atoms with van der Waals surface area (Å²) >= 11 is 0. The first-order valence-corrected chi connectivity index (χ1v) is 8.89. The van der Waals surface area contributed by atoms with Crippen LogP contribution >= 0.6 is 0 Å². The fraction of sp³-hybridized carbons (Fsp3) is 0.474. The number of carbonyl (C=O) groups excluding carboxylic acids is 2. The van der Waals surface area contributed by atoms with E-state index < -0.39 is 0 Å². The summed E-state index contributed by atoms with van der Waals surface area (Å²) in [6, 6.07) is 7.34. The fourth-order valence-corrected chi connectivity index (χ4v) is 3.33. The molecule has 0 radical (unpaired) electrons. The molecule has 0 unspecified atom stereocenters. The molecule has 26 heavy (non-hydrogen) atoms. The van der Waals surface area contributed by atoms with Crippen LogP contribution in [0.4, 0.5) is 0 Å². The quantitative estimate of drug-likeness (QED) is 0.822. The predicted octanol–water partition coefficient (Wildman–Crippen LogP) is 1.66. The number of methoxy groups -OCH3 is 1. The van der Waals surface area contributed by atoms with Gasteiger partial charge in [-0.1, -0.05) is 12.1 Å². The van der Waals surface area contributed by atoms with Crippen molar-refractivity contribution in [3.63, 3.8) is 0 Å². The van der Waals surface area contributed by atoms with E-state index in [1.54, 1.807) is 6.07 Å². The molecule has 2 aromatic rings. The summed E-state index contributed by atoms with van der Waals surface area (Å²) in [7, 11) is 1.39. The summed E-state index contributed by atoms with van der Waals surface area (Å²) in [5.41, 5.74) is 1.56. The van der Waals surface area contributed by atoms with Crippen LogP contribution in [0, 0.1) is 5.92 Å². The maximum absolute atomic E-state index is 12.4. The number of hydrogen-bond acceptors (Lipinski definition) is 5. The monoisotopic (exact) mass is 357 g/mol. The summed E-state index contributed by atoms with van der Waals surface area (Å²) in [4.78, 5) is 44.9. The summed E-state index contributed by atoms with van der Waals surface area (Å²) in [5.74, 6) is 0.101. The Bertz CT molecular complexity index is 853. The summed E-state index contributed by atoms with van der Waals surface area (Å²) in [6.45, 7) is 1.28. The molecule has 7 heteroatoms. The van der Waals surface area contributed by atoms with E-state index in [1.165, 1.54) is 7.11 Å². The number of hydrogen-bond donors (Lipinski definition) is 1. The topological polar surface area (TPSA) is 92.4 Å². The lowest BCUT2D eigenvalue weighted by Gasteiger charge is -2.31. The van der Waals surface area contributed by atoms with Crippen LogP contribution in [-0.4, -0.2) is 46.9 Å². The zero-order valence-electron chi connectivity index (χ0n) is 14.9. The van der Waals surface area contributed by atoms with Crippen molar-refractivity contribution < 1.29 is 14.3 Å². The number of carbonyl (C=O) groups is 2. The fourth-order valence-electron chi connectivity index (χ4n) is 3.33. The number of ether oxygens (including phenoxy) is 1. The maximum atomic E-state index is 12.4. The zero-order chi connectivity index (χ0) is 18.5. The van der Waals surface area contributed by atoms with Crippen LogP contribution in [0.1, 0.15) is 31.4 Å². The van der Waals surface area contributed by atoms with Crippen LogP contribution < -0.4 is 5.56 Å². The first kappa shape index (κ1) is 18.1. The number of aryl methyl sites for hydroxylation is 1. The number of piperidine rings is 1. The lowest BCUT2D eigenvalue weighted by Crippen LogP contribution is -2.39. The van der Waals surface area contributed by atoms with E-state index in [-0.39, 0.29) is 29.8 Å². The number of rotatable bonds is 5. The molecule has 3 rings (SSSR count). The van der Waals surface area contributed by atoms with Crippen molar-refractivity contribution >= 4 is 22.9 Å². The number of esters is 1. The van der Waals surface area contributed by atoms with Crippen molar-refractivity contribution in [2.75, 3.05) is 20.2 Å². The van der Waals surface area contributed by atoms with Gasteiger partial charge in [-0.2, -0.15) is 0 Å². The van der Waals surface area contributed by atoms with Gasteiger partial charge >= 0.3 is 5.97 Å². The van der Waals surface area contributed by atoms with Gasteiger partial charge in [0.2, 0.25) is 5.91 Å². The summed E-state index contributed by atoms with van der Waals surface area (Å²) in [6.07, 6.45) is 2.59. The third-order valence-electron chi connectivity index (χ3n) is 4.90. The highest BCUT2D eigenvalue weighted by atomic mass is 16.5. The molecule has 0 saturated carbocycles. The van der Waals surface area contributed by atoms with Crippen LogP contribution in [0.2, 0.25) is 0 Å². The van der Waals surface area contributed by atoms with E-state index in [0.717, 1.165) is 18.4 Å². The van der Waals surface area contributed by atoms with Gasteiger partial charge in [0.25, 0.3) is 5.56 Å². The molecular formula is C19H23N3O4. The minimum absolute atomic E-state index is 0.0240. The normalized spacial score (nSPS) is 15.2. The first-order valence-electron chi connectivity index (χ1n) is 8.89. The second-order valence-corrected chi connectivity index (χ2v) is 6.63.